The SMILES string of the molecule is CCOC(=O)CN1C(=S)N[C@H](c2ccccn2)[C@H]1c1ccco1. The second kappa shape index (κ2) is 6.78. The average Bonchev–Trinajstić information content (AvgIpc) is 3.17. The van der Waals surface area contributed by atoms with Crippen LogP contribution in [0, 0.1) is 0 Å². The van der Waals surface area contributed by atoms with Gasteiger partial charge in [0.2, 0.25) is 0 Å². The van der Waals surface area contributed by atoms with E-state index in [1.54, 1.807) is 24.3 Å². The van der Waals surface area contributed by atoms with Gasteiger partial charge in [-0.05, 0) is 43.4 Å². The number of carbonyl (C=O) groups excluding carboxylic acids is 1. The number of furan rings is 1. The van der Waals surface area contributed by atoms with Crippen molar-refractivity contribution in [3.8, 4) is 0 Å². The van der Waals surface area contributed by atoms with Crippen molar-refractivity contribution in [3.63, 3.8) is 0 Å². The highest BCUT2D eigenvalue weighted by molar-refractivity contribution is 7.80. The summed E-state index contributed by atoms with van der Waals surface area (Å²) >= 11 is 5.41. The molecular weight excluding hydrogens is 314 g/mol. The highest BCUT2D eigenvalue weighted by Gasteiger charge is 2.42. The Labute approximate surface area is 139 Å². The Bertz CT molecular complexity index is 675. The van der Waals surface area contributed by atoms with Gasteiger partial charge in [-0.3, -0.25) is 9.78 Å². The van der Waals surface area contributed by atoms with Crippen molar-refractivity contribution in [3.05, 3.63) is 54.2 Å². The van der Waals surface area contributed by atoms with Crippen molar-refractivity contribution in [2.45, 2.75) is 19.0 Å². The monoisotopic (exact) mass is 331 g/mol. The molecule has 1 aliphatic heterocycles. The van der Waals surface area contributed by atoms with Crippen LogP contribution in [0.15, 0.2) is 47.2 Å². The van der Waals surface area contributed by atoms with Crippen molar-refractivity contribution in [2.24, 2.45) is 0 Å². The van der Waals surface area contributed by atoms with E-state index in [0.717, 1.165) is 11.5 Å². The van der Waals surface area contributed by atoms with Crippen molar-refractivity contribution < 1.29 is 13.9 Å². The summed E-state index contributed by atoms with van der Waals surface area (Å²) in [6.07, 6.45) is 3.34. The lowest BCUT2D eigenvalue weighted by atomic mass is 10.0. The first kappa shape index (κ1) is 15.5. The fraction of sp³-hybridized carbons (Fsp3) is 0.312. The fourth-order valence-electron chi connectivity index (χ4n) is 2.69. The summed E-state index contributed by atoms with van der Waals surface area (Å²) < 4.78 is 10.6. The molecule has 1 N–H and O–H groups in total. The van der Waals surface area contributed by atoms with Gasteiger partial charge in [0, 0.05) is 6.20 Å². The number of nitrogens with zero attached hydrogens (tertiary/aromatic N) is 2. The second-order valence-corrected chi connectivity index (χ2v) is 5.46. The smallest absolute Gasteiger partial charge is 0.325 e. The predicted octanol–water partition coefficient (Wildman–Crippen LogP) is 2.21. The zero-order chi connectivity index (χ0) is 16.2. The van der Waals surface area contributed by atoms with E-state index in [2.05, 4.69) is 10.3 Å². The molecule has 7 heteroatoms. The number of aromatic nitrogens is 1. The lowest BCUT2D eigenvalue weighted by molar-refractivity contribution is -0.143. The molecule has 2 aromatic heterocycles. The standard InChI is InChI=1S/C16H17N3O3S/c1-2-21-13(20)10-19-15(12-7-5-9-22-12)14(18-16(19)23)11-6-3-4-8-17-11/h3-9,14-15H,2,10H2,1H3,(H,18,23)/t14-,15-/m1/s1. The minimum Gasteiger partial charge on any atom is -0.467 e. The number of hydrogen-bond donors (Lipinski definition) is 1. The van der Waals surface area contributed by atoms with E-state index in [-0.39, 0.29) is 24.6 Å². The molecule has 3 rings (SSSR count). The summed E-state index contributed by atoms with van der Waals surface area (Å²) in [7, 11) is 0. The van der Waals surface area contributed by atoms with Crippen LogP contribution in [0.4, 0.5) is 0 Å². The van der Waals surface area contributed by atoms with Crippen molar-refractivity contribution in [1.29, 1.82) is 0 Å². The van der Waals surface area contributed by atoms with Gasteiger partial charge in [-0.2, -0.15) is 0 Å². The molecular formula is C16H17N3O3S. The quantitative estimate of drug-likeness (QED) is 0.665. The van der Waals surface area contributed by atoms with Crippen LogP contribution in [0.5, 0.6) is 0 Å². The topological polar surface area (TPSA) is 67.6 Å². The van der Waals surface area contributed by atoms with Crippen LogP contribution >= 0.6 is 12.2 Å². The van der Waals surface area contributed by atoms with Crippen LogP contribution in [-0.4, -0.2) is 34.1 Å². The van der Waals surface area contributed by atoms with Gasteiger partial charge in [-0.1, -0.05) is 6.07 Å². The maximum Gasteiger partial charge on any atom is 0.325 e. The normalized spacial score (nSPS) is 20.4. The van der Waals surface area contributed by atoms with Crippen LogP contribution in [0.25, 0.3) is 0 Å². The Hall–Kier alpha value is -2.41. The molecule has 0 saturated carbocycles. The number of pyridine rings is 1. The van der Waals surface area contributed by atoms with Gasteiger partial charge in [-0.25, -0.2) is 0 Å². The summed E-state index contributed by atoms with van der Waals surface area (Å²) in [6, 6.07) is 8.93. The molecule has 2 atom stereocenters. The Morgan fingerprint density at radius 2 is 2.30 bits per heavy atom. The van der Waals surface area contributed by atoms with E-state index in [1.807, 2.05) is 30.3 Å². The van der Waals surface area contributed by atoms with Crippen LogP contribution in [0.2, 0.25) is 0 Å². The predicted molar refractivity (Wildman–Crippen MR) is 87.5 cm³/mol. The highest BCUT2D eigenvalue weighted by Crippen LogP contribution is 2.38. The Kier molecular flexibility index (Phi) is 4.57. The Balaban J connectivity index is 1.92. The molecule has 2 aromatic rings. The number of nitrogens with one attached hydrogen (secondary N) is 1. The number of thiocarbonyl (C=S) groups is 1. The third-order valence-electron chi connectivity index (χ3n) is 3.64. The summed E-state index contributed by atoms with van der Waals surface area (Å²) in [6.45, 7) is 2.18. The van der Waals surface area contributed by atoms with E-state index in [1.165, 1.54) is 0 Å². The minimum atomic E-state index is -0.324. The zero-order valence-corrected chi connectivity index (χ0v) is 13.5. The lowest BCUT2D eigenvalue weighted by Crippen LogP contribution is -2.35. The maximum atomic E-state index is 11.9. The van der Waals surface area contributed by atoms with E-state index in [4.69, 9.17) is 21.4 Å². The lowest BCUT2D eigenvalue weighted by Gasteiger charge is -2.24. The summed E-state index contributed by atoms with van der Waals surface area (Å²) in [5, 5.41) is 3.71. The molecule has 0 unspecified atom stereocenters. The Morgan fingerprint density at radius 1 is 1.43 bits per heavy atom. The van der Waals surface area contributed by atoms with E-state index < -0.39 is 0 Å². The molecule has 1 aliphatic rings. The molecule has 0 amide bonds. The first-order chi connectivity index (χ1) is 11.2. The third kappa shape index (κ3) is 3.19. The molecule has 3 heterocycles. The maximum absolute atomic E-state index is 11.9. The van der Waals surface area contributed by atoms with Gasteiger partial charge in [0.25, 0.3) is 0 Å². The van der Waals surface area contributed by atoms with Crippen LogP contribution in [0.1, 0.15) is 30.5 Å². The van der Waals surface area contributed by atoms with E-state index in [0.29, 0.717) is 11.7 Å². The molecule has 0 bridgehead atoms. The van der Waals surface area contributed by atoms with Crippen LogP contribution in [-0.2, 0) is 9.53 Å². The molecule has 0 aromatic carbocycles. The number of esters is 1. The number of ether oxygens (including phenoxy) is 1. The van der Waals surface area contributed by atoms with Crippen molar-refractivity contribution in [1.82, 2.24) is 15.2 Å². The first-order valence-electron chi connectivity index (χ1n) is 7.37. The average molecular weight is 331 g/mol. The molecule has 0 aliphatic carbocycles. The van der Waals surface area contributed by atoms with Gasteiger partial charge in [0.05, 0.1) is 24.6 Å². The largest absolute Gasteiger partial charge is 0.467 e. The van der Waals surface area contributed by atoms with Crippen LogP contribution in [0.3, 0.4) is 0 Å². The fourth-order valence-corrected chi connectivity index (χ4v) is 3.00. The minimum absolute atomic E-state index is 0.0639. The van der Waals surface area contributed by atoms with Gasteiger partial charge in [0.1, 0.15) is 18.3 Å². The number of hydrogen-bond acceptors (Lipinski definition) is 5. The molecule has 1 fully saturated rings. The molecule has 23 heavy (non-hydrogen) atoms. The first-order valence-corrected chi connectivity index (χ1v) is 7.78. The molecule has 6 nitrogen and oxygen atoms in total. The highest BCUT2D eigenvalue weighted by atomic mass is 32.1. The molecule has 120 valence electrons. The van der Waals surface area contributed by atoms with Gasteiger partial charge in [0.15, 0.2) is 5.11 Å². The van der Waals surface area contributed by atoms with E-state index >= 15 is 0 Å². The number of carbonyl (C=O) groups is 1. The second-order valence-electron chi connectivity index (χ2n) is 5.07. The summed E-state index contributed by atoms with van der Waals surface area (Å²) in [5.74, 6) is 0.396. The molecule has 0 radical (unpaired) electrons. The van der Waals surface area contributed by atoms with Gasteiger partial charge in [-0.15, -0.1) is 0 Å². The molecule has 1 saturated heterocycles. The van der Waals surface area contributed by atoms with E-state index in [9.17, 15) is 4.79 Å². The Morgan fingerprint density at radius 3 is 2.96 bits per heavy atom. The van der Waals surface area contributed by atoms with Crippen molar-refractivity contribution >= 4 is 23.3 Å². The van der Waals surface area contributed by atoms with Gasteiger partial charge >= 0.3 is 5.97 Å². The molecule has 0 spiro atoms. The van der Waals surface area contributed by atoms with Crippen molar-refractivity contribution in [2.75, 3.05) is 13.2 Å². The zero-order valence-electron chi connectivity index (χ0n) is 12.6. The third-order valence-corrected chi connectivity index (χ3v) is 3.99. The van der Waals surface area contributed by atoms with Crippen LogP contribution < -0.4 is 5.32 Å². The number of rotatable bonds is 5. The summed E-state index contributed by atoms with van der Waals surface area (Å²) in [4.78, 5) is 18.1. The summed E-state index contributed by atoms with van der Waals surface area (Å²) in [5.41, 5.74) is 0.836. The van der Waals surface area contributed by atoms with Gasteiger partial charge < -0.3 is 19.4 Å².